The monoisotopic (exact) mass is 817 g/mol. The van der Waals surface area contributed by atoms with Crippen molar-refractivity contribution in [2.24, 2.45) is 11.8 Å². The fraction of sp³-hybridized carbons (Fsp3) is 0.681. The minimum atomic E-state index is -1.79. The molecule has 0 aliphatic rings. The van der Waals surface area contributed by atoms with E-state index >= 15 is 0 Å². The van der Waals surface area contributed by atoms with E-state index in [1.54, 1.807) is 21.3 Å². The van der Waals surface area contributed by atoms with Crippen molar-refractivity contribution in [3.05, 3.63) is 84.3 Å². The molecular weight excluding hydrogens is 733 g/mol. The molecule has 328 valence electrons. The Labute approximate surface area is 350 Å². The number of benzene rings is 2. The first-order valence-corrected chi connectivity index (χ1v) is 23.3. The molecule has 0 fully saturated rings. The highest BCUT2D eigenvalue weighted by Gasteiger charge is 2.40. The second-order valence-corrected chi connectivity index (χ2v) is 23.8. The maximum Gasteiger partial charge on any atom is 0.309 e. The Kier molecular flexibility index (Phi) is 23.8. The molecule has 0 N–H and O–H groups in total. The summed E-state index contributed by atoms with van der Waals surface area (Å²) in [6, 6.07) is 21.2. The van der Waals surface area contributed by atoms with Gasteiger partial charge in [-0.25, -0.2) is 0 Å². The van der Waals surface area contributed by atoms with Gasteiger partial charge in [0.15, 0.2) is 6.29 Å². The highest BCUT2D eigenvalue weighted by atomic mass is 28.4. The molecule has 0 bridgehead atoms. The number of ether oxygens (including phenoxy) is 5. The second-order valence-electron chi connectivity index (χ2n) is 19.1. The van der Waals surface area contributed by atoms with E-state index in [9.17, 15) is 4.79 Å². The predicted octanol–water partition coefficient (Wildman–Crippen LogP) is 10.9. The van der Waals surface area contributed by atoms with Crippen LogP contribution in [0.1, 0.15) is 108 Å². The van der Waals surface area contributed by atoms with Gasteiger partial charge in [-0.05, 0) is 103 Å². The number of hydrogen-bond acceptors (Lipinski definition) is 9. The zero-order chi connectivity index (χ0) is 44.4. The van der Waals surface area contributed by atoms with E-state index in [1.165, 1.54) is 11.1 Å². The Morgan fingerprint density at radius 2 is 1.04 bits per heavy atom. The molecule has 0 aliphatic heterocycles. The van der Waals surface area contributed by atoms with Crippen LogP contribution in [-0.4, -0.2) is 95.2 Å². The van der Waals surface area contributed by atoms with E-state index in [0.717, 1.165) is 13.1 Å². The van der Waals surface area contributed by atoms with Gasteiger partial charge >= 0.3 is 5.97 Å². The summed E-state index contributed by atoms with van der Waals surface area (Å²) in [5.41, 5.74) is 1.84. The van der Waals surface area contributed by atoms with Gasteiger partial charge < -0.3 is 28.1 Å². The fourth-order valence-electron chi connectivity index (χ4n) is 6.27. The summed E-state index contributed by atoms with van der Waals surface area (Å²) < 4.78 is 33.5. The smallest absolute Gasteiger partial charge is 0.309 e. The van der Waals surface area contributed by atoms with Crippen molar-refractivity contribution in [2.45, 2.75) is 163 Å². The van der Waals surface area contributed by atoms with Crippen LogP contribution in [0.5, 0.6) is 0 Å². The van der Waals surface area contributed by atoms with Crippen LogP contribution >= 0.6 is 0 Å². The van der Waals surface area contributed by atoms with Crippen molar-refractivity contribution < 1.29 is 32.9 Å². The lowest BCUT2D eigenvalue weighted by Crippen LogP contribution is -2.46. The molecule has 0 heterocycles. The van der Waals surface area contributed by atoms with Gasteiger partial charge in [-0.2, -0.15) is 0 Å². The second kappa shape index (κ2) is 25.0. The summed E-state index contributed by atoms with van der Waals surface area (Å²) in [7, 11) is 7.46. The van der Waals surface area contributed by atoms with Crippen LogP contribution in [-0.2, 0) is 46.0 Å². The van der Waals surface area contributed by atoms with Crippen LogP contribution in [0.3, 0.4) is 0 Å². The predicted molar refractivity (Wildman–Crippen MR) is 240 cm³/mol. The topological polar surface area (TPSA) is 78.9 Å². The lowest BCUT2D eigenvalue weighted by atomic mass is 9.94. The molecule has 57 heavy (non-hydrogen) atoms. The third-order valence-corrected chi connectivity index (χ3v) is 14.1. The van der Waals surface area contributed by atoms with Gasteiger partial charge in [0.05, 0.1) is 18.6 Å². The zero-order valence-corrected chi connectivity index (χ0v) is 40.8. The summed E-state index contributed by atoms with van der Waals surface area (Å²) in [4.78, 5) is 16.8. The Balaban J connectivity index is 0.000000852. The molecular formula is C47H84N2O7Si. The highest BCUT2D eigenvalue weighted by molar-refractivity contribution is 6.74. The summed E-state index contributed by atoms with van der Waals surface area (Å²) in [6.45, 7) is 36.8. The number of nitrogens with zero attached hydrogens (tertiary/aromatic N) is 2. The van der Waals surface area contributed by atoms with Gasteiger partial charge in [0.25, 0.3) is 14.3 Å². The zero-order valence-electron chi connectivity index (χ0n) is 39.8. The maximum absolute atomic E-state index is 12.2. The number of likely N-dealkylation sites (N-methyl/N-ethyl adjacent to an activating group) is 2. The summed E-state index contributed by atoms with van der Waals surface area (Å²) in [6.07, 6.45) is -0.136. The maximum atomic E-state index is 12.2. The van der Waals surface area contributed by atoms with Crippen molar-refractivity contribution in [3.8, 4) is 0 Å². The number of esters is 1. The molecule has 0 aliphatic carbocycles. The van der Waals surface area contributed by atoms with Gasteiger partial charge in [0.2, 0.25) is 0 Å². The van der Waals surface area contributed by atoms with Crippen LogP contribution in [0.15, 0.2) is 73.2 Å². The number of hydrogen-bond donors (Lipinski definition) is 0. The molecule has 10 heteroatoms. The Bertz CT molecular complexity index is 1380. The summed E-state index contributed by atoms with van der Waals surface area (Å²) >= 11 is 0. The van der Waals surface area contributed by atoms with Gasteiger partial charge in [0, 0.05) is 40.5 Å². The Hall–Kier alpha value is -2.73. The molecule has 9 nitrogen and oxygen atoms in total. The molecule has 0 amide bonds. The minimum Gasteiger partial charge on any atom is -0.519 e. The van der Waals surface area contributed by atoms with Gasteiger partial charge in [-0.3, -0.25) is 14.6 Å². The Morgan fingerprint density at radius 1 is 0.649 bits per heavy atom. The Morgan fingerprint density at radius 3 is 1.35 bits per heavy atom. The standard InChI is InChI=1S/C20H33NO3.C15H25NO2.C12H26O2Si/c1-15(2)19(21(6)14-16-11-9-8-10-12-16)17(23-7)13-18(22)24-20(3,4)5;1-12(2)14(15(17-4)18-5)16(3)11-13-9-7-6-8-10-13;1-10(13-11(2,3)4)14-15(8,9)12(5,6)7/h8-12,15,17,19H,13-14H2,1-7H3;6-10,12,14-15H,11H2,1-5H3;1H2,2-9H3/t17-,19+;14-;/m10./s1. The average Bonchev–Trinajstić information content (AvgIpc) is 3.05. The van der Waals surface area contributed by atoms with Crippen molar-refractivity contribution >= 4 is 14.3 Å². The molecule has 3 atom stereocenters. The van der Waals surface area contributed by atoms with Crippen LogP contribution < -0.4 is 0 Å². The van der Waals surface area contributed by atoms with Gasteiger partial charge in [-0.15, -0.1) is 0 Å². The van der Waals surface area contributed by atoms with Crippen LogP contribution in [0.4, 0.5) is 0 Å². The quantitative estimate of drug-likeness (QED) is 0.0632. The first-order chi connectivity index (χ1) is 26.1. The van der Waals surface area contributed by atoms with E-state index in [4.69, 9.17) is 28.1 Å². The molecule has 2 aromatic carbocycles. The molecule has 0 aromatic heterocycles. The normalized spacial score (nSPS) is 14.1. The third-order valence-electron chi connectivity index (χ3n) is 9.74. The van der Waals surface area contributed by atoms with E-state index in [2.05, 4.69) is 128 Å². The minimum absolute atomic E-state index is 0.128. The third kappa shape index (κ3) is 22.3. The first-order valence-electron chi connectivity index (χ1n) is 20.4. The van der Waals surface area contributed by atoms with Crippen molar-refractivity contribution in [1.82, 2.24) is 9.80 Å². The summed E-state index contributed by atoms with van der Waals surface area (Å²) in [5.74, 6) is 1.05. The molecule has 2 rings (SSSR count). The molecule has 2 aromatic rings. The van der Waals surface area contributed by atoms with Crippen molar-refractivity contribution in [3.63, 3.8) is 0 Å². The number of rotatable bonds is 18. The molecule has 0 saturated heterocycles. The van der Waals surface area contributed by atoms with Gasteiger partial charge in [-0.1, -0.05) is 109 Å². The highest BCUT2D eigenvalue weighted by Crippen LogP contribution is 2.38. The molecule has 0 spiro atoms. The van der Waals surface area contributed by atoms with E-state index in [-0.39, 0.29) is 47.5 Å². The van der Waals surface area contributed by atoms with Crippen molar-refractivity contribution in [2.75, 3.05) is 35.4 Å². The summed E-state index contributed by atoms with van der Waals surface area (Å²) in [5, 5.41) is 0.178. The largest absolute Gasteiger partial charge is 0.519 e. The van der Waals surface area contributed by atoms with Crippen LogP contribution in [0, 0.1) is 11.8 Å². The van der Waals surface area contributed by atoms with E-state index in [0.29, 0.717) is 17.8 Å². The van der Waals surface area contributed by atoms with Gasteiger partial charge in [0.1, 0.15) is 11.2 Å². The van der Waals surface area contributed by atoms with E-state index in [1.807, 2.05) is 65.8 Å². The number of carbonyl (C=O) groups excluding carboxylic acids is 1. The molecule has 0 unspecified atom stereocenters. The van der Waals surface area contributed by atoms with Crippen LogP contribution in [0.2, 0.25) is 18.1 Å². The fourth-order valence-corrected chi connectivity index (χ4v) is 7.19. The van der Waals surface area contributed by atoms with E-state index < -0.39 is 13.9 Å². The van der Waals surface area contributed by atoms with Crippen molar-refractivity contribution in [1.29, 1.82) is 0 Å². The SMILES string of the molecule is C=C(OC(C)(C)C)O[Si](C)(C)C(C)(C)C.COC(OC)[C@H](C(C)C)N(C)Cc1ccccc1.CO[C@H](CC(=O)OC(C)(C)C)[C@H](C(C)C)N(C)Cc1ccccc1. The molecule has 0 radical (unpaired) electrons. The van der Waals surface area contributed by atoms with Crippen LogP contribution in [0.25, 0.3) is 0 Å². The first kappa shape index (κ1) is 54.3. The number of carbonyl (C=O) groups is 1. The number of methoxy groups -OCH3 is 3. The lowest BCUT2D eigenvalue weighted by molar-refractivity contribution is -0.159. The lowest BCUT2D eigenvalue weighted by Gasteiger charge is -2.37. The average molecular weight is 817 g/mol. The molecule has 0 saturated carbocycles.